The van der Waals surface area contributed by atoms with E-state index in [1.165, 1.54) is 16.5 Å². The highest BCUT2D eigenvalue weighted by atomic mass is 14.9. The van der Waals surface area contributed by atoms with Crippen LogP contribution in [0, 0.1) is 13.8 Å². The van der Waals surface area contributed by atoms with E-state index in [9.17, 15) is 0 Å². The number of hydrogen-bond acceptors (Lipinski definition) is 2. The number of aromatic amines is 2. The Morgan fingerprint density at radius 2 is 1.58 bits per heavy atom. The molecule has 0 bridgehead atoms. The molecule has 0 aliphatic carbocycles. The van der Waals surface area contributed by atoms with Crippen LogP contribution in [0.2, 0.25) is 0 Å². The van der Waals surface area contributed by atoms with Gasteiger partial charge in [-0.2, -0.15) is 0 Å². The number of imidazole rings is 1. The summed E-state index contributed by atoms with van der Waals surface area (Å²) in [6, 6.07) is 19.2. The van der Waals surface area contributed by atoms with Crippen molar-refractivity contribution in [1.82, 2.24) is 19.9 Å². The topological polar surface area (TPSA) is 57.4 Å². The predicted octanol–water partition coefficient (Wildman–Crippen LogP) is 5.39. The molecule has 0 fully saturated rings. The number of aryl methyl sites for hydroxylation is 2. The van der Waals surface area contributed by atoms with Gasteiger partial charge in [0.1, 0.15) is 5.82 Å². The van der Waals surface area contributed by atoms with Gasteiger partial charge in [0.15, 0.2) is 0 Å². The Hall–Kier alpha value is -3.40. The van der Waals surface area contributed by atoms with E-state index in [-0.39, 0.29) is 0 Å². The van der Waals surface area contributed by atoms with E-state index in [0.717, 1.165) is 39.3 Å². The lowest BCUT2D eigenvalue weighted by Gasteiger charge is -2.02. The van der Waals surface area contributed by atoms with E-state index in [4.69, 9.17) is 0 Å². The quantitative estimate of drug-likeness (QED) is 0.453. The van der Waals surface area contributed by atoms with Gasteiger partial charge in [-0.05, 0) is 67.4 Å². The molecular weight excluding hydrogens is 320 g/mol. The minimum absolute atomic E-state index is 0.940. The molecule has 4 nitrogen and oxygen atoms in total. The summed E-state index contributed by atoms with van der Waals surface area (Å²) in [5.74, 6) is 0.940. The van der Waals surface area contributed by atoms with E-state index in [1.807, 2.05) is 26.1 Å². The first-order valence-corrected chi connectivity index (χ1v) is 8.68. The smallest absolute Gasteiger partial charge is 0.104 e. The first-order valence-electron chi connectivity index (χ1n) is 8.68. The number of H-pyrrole nitrogens is 2. The first kappa shape index (κ1) is 14.9. The summed E-state index contributed by atoms with van der Waals surface area (Å²) in [7, 11) is 0. The van der Waals surface area contributed by atoms with Crippen LogP contribution in [-0.4, -0.2) is 19.9 Å². The zero-order chi connectivity index (χ0) is 17.7. The van der Waals surface area contributed by atoms with Crippen LogP contribution < -0.4 is 0 Å². The third-order valence-corrected chi connectivity index (χ3v) is 4.76. The molecule has 3 heterocycles. The second kappa shape index (κ2) is 5.56. The van der Waals surface area contributed by atoms with Crippen molar-refractivity contribution in [3.63, 3.8) is 0 Å². The van der Waals surface area contributed by atoms with Crippen LogP contribution in [0.15, 0.2) is 60.8 Å². The molecule has 0 spiro atoms. The molecule has 5 rings (SSSR count). The average molecular weight is 338 g/mol. The van der Waals surface area contributed by atoms with Gasteiger partial charge >= 0.3 is 0 Å². The molecule has 0 radical (unpaired) electrons. The largest absolute Gasteiger partial charge is 0.355 e. The number of benzene rings is 2. The molecule has 0 aliphatic heterocycles. The maximum absolute atomic E-state index is 4.48. The molecular formula is C22H18N4. The summed E-state index contributed by atoms with van der Waals surface area (Å²) >= 11 is 0. The number of hydrogen-bond donors (Lipinski definition) is 2. The lowest BCUT2D eigenvalue weighted by atomic mass is 10.0. The Kier molecular flexibility index (Phi) is 3.19. The van der Waals surface area contributed by atoms with Gasteiger partial charge in [-0.3, -0.25) is 4.98 Å². The number of pyridine rings is 1. The number of rotatable bonds is 2. The summed E-state index contributed by atoms with van der Waals surface area (Å²) in [4.78, 5) is 15.6. The van der Waals surface area contributed by atoms with Crippen LogP contribution in [0.1, 0.15) is 11.5 Å². The van der Waals surface area contributed by atoms with E-state index >= 15 is 0 Å². The summed E-state index contributed by atoms with van der Waals surface area (Å²) < 4.78 is 0. The Morgan fingerprint density at radius 3 is 2.46 bits per heavy atom. The molecule has 126 valence electrons. The van der Waals surface area contributed by atoms with E-state index in [1.54, 1.807) is 0 Å². The molecule has 2 aromatic carbocycles. The fraction of sp³-hybridized carbons (Fsp3) is 0.0909. The maximum atomic E-state index is 4.48. The minimum atomic E-state index is 0.940. The normalized spacial score (nSPS) is 11.5. The van der Waals surface area contributed by atoms with E-state index in [0.29, 0.717) is 0 Å². The molecule has 5 aromatic rings. The van der Waals surface area contributed by atoms with Gasteiger partial charge in [0, 0.05) is 34.1 Å². The van der Waals surface area contributed by atoms with Crippen LogP contribution in [0.3, 0.4) is 0 Å². The van der Waals surface area contributed by atoms with E-state index in [2.05, 4.69) is 68.5 Å². The summed E-state index contributed by atoms with van der Waals surface area (Å²) in [6.07, 6.45) is 1.85. The third-order valence-electron chi connectivity index (χ3n) is 4.76. The van der Waals surface area contributed by atoms with Crippen LogP contribution >= 0.6 is 0 Å². The maximum Gasteiger partial charge on any atom is 0.104 e. The van der Waals surface area contributed by atoms with Crippen LogP contribution in [0.4, 0.5) is 0 Å². The summed E-state index contributed by atoms with van der Waals surface area (Å²) in [5, 5.41) is 1.20. The molecule has 2 N–H and O–H groups in total. The molecule has 3 aromatic heterocycles. The predicted molar refractivity (Wildman–Crippen MR) is 106 cm³/mol. The molecule has 0 saturated heterocycles. The second-order valence-corrected chi connectivity index (χ2v) is 6.73. The summed E-state index contributed by atoms with van der Waals surface area (Å²) in [5.41, 5.74) is 8.88. The fourth-order valence-electron chi connectivity index (χ4n) is 3.50. The highest BCUT2D eigenvalue weighted by molar-refractivity contribution is 5.91. The zero-order valence-corrected chi connectivity index (χ0v) is 14.7. The highest BCUT2D eigenvalue weighted by Gasteiger charge is 2.07. The van der Waals surface area contributed by atoms with Gasteiger partial charge in [-0.15, -0.1) is 0 Å². The Balaban J connectivity index is 1.60. The Morgan fingerprint density at radius 1 is 0.731 bits per heavy atom. The summed E-state index contributed by atoms with van der Waals surface area (Å²) in [6.45, 7) is 3.99. The Labute approximate surface area is 150 Å². The van der Waals surface area contributed by atoms with Gasteiger partial charge in [0.05, 0.1) is 11.0 Å². The van der Waals surface area contributed by atoms with Crippen LogP contribution in [0.5, 0.6) is 0 Å². The van der Waals surface area contributed by atoms with Crippen molar-refractivity contribution >= 4 is 21.9 Å². The molecule has 0 unspecified atom stereocenters. The number of fused-ring (bicyclic) bond motifs is 2. The second-order valence-electron chi connectivity index (χ2n) is 6.73. The van der Waals surface area contributed by atoms with Crippen molar-refractivity contribution in [3.05, 3.63) is 72.3 Å². The minimum Gasteiger partial charge on any atom is -0.355 e. The first-order chi connectivity index (χ1) is 12.7. The van der Waals surface area contributed by atoms with Gasteiger partial charge in [-0.25, -0.2) is 4.98 Å². The zero-order valence-electron chi connectivity index (χ0n) is 14.7. The molecule has 4 heteroatoms. The van der Waals surface area contributed by atoms with Gasteiger partial charge < -0.3 is 9.97 Å². The van der Waals surface area contributed by atoms with Gasteiger partial charge in [-0.1, -0.05) is 12.1 Å². The van der Waals surface area contributed by atoms with Gasteiger partial charge in [0.25, 0.3) is 0 Å². The SMILES string of the molecule is Cc1cc(-c2cc3cc(-c4ccc5nc(C)[nH]c5c4)ccc3[nH]2)ccn1. The monoisotopic (exact) mass is 338 g/mol. The van der Waals surface area contributed by atoms with Crippen molar-refractivity contribution < 1.29 is 0 Å². The number of nitrogens with one attached hydrogen (secondary N) is 2. The number of nitrogens with zero attached hydrogens (tertiary/aromatic N) is 2. The van der Waals surface area contributed by atoms with Crippen molar-refractivity contribution in [3.8, 4) is 22.4 Å². The molecule has 26 heavy (non-hydrogen) atoms. The van der Waals surface area contributed by atoms with Crippen molar-refractivity contribution in [2.45, 2.75) is 13.8 Å². The standard InChI is InChI=1S/C22H18N4/c1-13-9-17(7-8-23-13)21-12-18-10-15(3-5-19(18)26-21)16-4-6-20-22(11-16)25-14(2)24-20/h3-12,26H,1-2H3,(H,24,25). The van der Waals surface area contributed by atoms with Crippen molar-refractivity contribution in [1.29, 1.82) is 0 Å². The van der Waals surface area contributed by atoms with Gasteiger partial charge in [0.2, 0.25) is 0 Å². The lowest BCUT2D eigenvalue weighted by molar-refractivity contribution is 1.17. The molecule has 0 saturated carbocycles. The molecule has 0 amide bonds. The Bertz CT molecular complexity index is 1260. The fourth-order valence-corrected chi connectivity index (χ4v) is 3.50. The van der Waals surface area contributed by atoms with Crippen molar-refractivity contribution in [2.24, 2.45) is 0 Å². The van der Waals surface area contributed by atoms with Crippen molar-refractivity contribution in [2.75, 3.05) is 0 Å². The highest BCUT2D eigenvalue weighted by Crippen LogP contribution is 2.29. The lowest BCUT2D eigenvalue weighted by Crippen LogP contribution is -1.82. The molecule has 0 aliphatic rings. The number of aromatic nitrogens is 4. The van der Waals surface area contributed by atoms with E-state index < -0.39 is 0 Å². The third kappa shape index (κ3) is 2.47. The van der Waals surface area contributed by atoms with Crippen LogP contribution in [-0.2, 0) is 0 Å². The van der Waals surface area contributed by atoms with Crippen LogP contribution in [0.25, 0.3) is 44.3 Å². The molecule has 0 atom stereocenters. The average Bonchev–Trinajstić information content (AvgIpc) is 3.22.